The van der Waals surface area contributed by atoms with E-state index >= 15 is 0 Å². The third-order valence-corrected chi connectivity index (χ3v) is 6.61. The predicted molar refractivity (Wildman–Crippen MR) is 110 cm³/mol. The molecule has 0 bridgehead atoms. The molecular formula is C22H23N5O2. The number of fused-ring (bicyclic) bond motifs is 3. The third kappa shape index (κ3) is 2.36. The van der Waals surface area contributed by atoms with Crippen LogP contribution < -0.4 is 4.90 Å². The van der Waals surface area contributed by atoms with E-state index in [9.17, 15) is 9.59 Å². The van der Waals surface area contributed by atoms with E-state index in [1.165, 1.54) is 0 Å². The number of carbonyl (C=O) groups excluding carboxylic acids is 2. The van der Waals surface area contributed by atoms with Crippen molar-refractivity contribution in [3.8, 4) is 0 Å². The summed E-state index contributed by atoms with van der Waals surface area (Å²) >= 11 is 0. The van der Waals surface area contributed by atoms with E-state index < -0.39 is 5.41 Å². The summed E-state index contributed by atoms with van der Waals surface area (Å²) in [6.07, 6.45) is 2.93. The molecule has 1 saturated heterocycles. The van der Waals surface area contributed by atoms with Gasteiger partial charge in [-0.25, -0.2) is 9.97 Å². The lowest BCUT2D eigenvalue weighted by atomic mass is 9.73. The Morgan fingerprint density at radius 3 is 2.59 bits per heavy atom. The van der Waals surface area contributed by atoms with Crippen molar-refractivity contribution in [3.05, 3.63) is 53.5 Å². The molecule has 2 aliphatic heterocycles. The molecule has 2 amide bonds. The first-order valence-corrected chi connectivity index (χ1v) is 9.89. The van der Waals surface area contributed by atoms with E-state index in [1.54, 1.807) is 17.2 Å². The second-order valence-electron chi connectivity index (χ2n) is 8.00. The van der Waals surface area contributed by atoms with Crippen LogP contribution in [0.2, 0.25) is 0 Å². The number of carbonyl (C=O) groups is 2. The van der Waals surface area contributed by atoms with Crippen molar-refractivity contribution in [2.75, 3.05) is 25.0 Å². The van der Waals surface area contributed by atoms with Crippen LogP contribution in [0.15, 0.2) is 36.5 Å². The molecule has 2 aliphatic rings. The smallest absolute Gasteiger partial charge is 0.256 e. The van der Waals surface area contributed by atoms with E-state index in [-0.39, 0.29) is 11.8 Å². The van der Waals surface area contributed by atoms with Gasteiger partial charge in [-0.3, -0.25) is 9.59 Å². The van der Waals surface area contributed by atoms with Gasteiger partial charge in [0, 0.05) is 39.1 Å². The van der Waals surface area contributed by atoms with Crippen LogP contribution in [0.25, 0.3) is 11.2 Å². The number of hydrogen-bond acceptors (Lipinski definition) is 4. The Kier molecular flexibility index (Phi) is 3.78. The second kappa shape index (κ2) is 6.14. The highest BCUT2D eigenvalue weighted by Gasteiger charge is 2.51. The van der Waals surface area contributed by atoms with Crippen molar-refractivity contribution in [2.24, 2.45) is 7.05 Å². The van der Waals surface area contributed by atoms with Crippen LogP contribution in [0.4, 0.5) is 5.69 Å². The SMILES string of the molecule is Cc1nc2c(C(=O)N3CCC4(CC3)C(=O)N(C)c3ccccc34)ccnc2n1C. The van der Waals surface area contributed by atoms with E-state index in [0.29, 0.717) is 42.7 Å². The van der Waals surface area contributed by atoms with Crippen molar-refractivity contribution in [3.63, 3.8) is 0 Å². The van der Waals surface area contributed by atoms with Gasteiger partial charge in [0.05, 0.1) is 11.0 Å². The Balaban J connectivity index is 1.44. The van der Waals surface area contributed by atoms with Gasteiger partial charge >= 0.3 is 0 Å². The summed E-state index contributed by atoms with van der Waals surface area (Å²) in [5.74, 6) is 0.913. The molecule has 4 heterocycles. The summed E-state index contributed by atoms with van der Waals surface area (Å²) < 4.78 is 1.89. The fourth-order valence-corrected chi connectivity index (χ4v) is 4.82. The lowest BCUT2D eigenvalue weighted by Crippen LogP contribution is -2.49. The Hall–Kier alpha value is -3.22. The predicted octanol–water partition coefficient (Wildman–Crippen LogP) is 2.43. The highest BCUT2D eigenvalue weighted by atomic mass is 16.2. The van der Waals surface area contributed by atoms with Crippen LogP contribution in [0.5, 0.6) is 0 Å². The lowest BCUT2D eigenvalue weighted by Gasteiger charge is -2.38. The van der Waals surface area contributed by atoms with Gasteiger partial charge < -0.3 is 14.4 Å². The van der Waals surface area contributed by atoms with Gasteiger partial charge in [-0.05, 0) is 37.5 Å². The molecule has 2 aromatic heterocycles. The molecule has 0 N–H and O–H groups in total. The minimum atomic E-state index is -0.517. The number of benzene rings is 1. The van der Waals surface area contributed by atoms with E-state index in [0.717, 1.165) is 17.1 Å². The molecule has 0 unspecified atom stereocenters. The standard InChI is InChI=1S/C22H23N5O2/c1-14-24-18-15(8-11-23-19(18)25(14)2)20(28)27-12-9-22(10-13-27)16-6-4-5-7-17(16)26(3)21(22)29/h4-8,11H,9-10,12-13H2,1-3H3. The second-order valence-corrected chi connectivity index (χ2v) is 8.00. The Morgan fingerprint density at radius 2 is 1.83 bits per heavy atom. The fraction of sp³-hybridized carbons (Fsp3) is 0.364. The molecule has 7 nitrogen and oxygen atoms in total. The highest BCUT2D eigenvalue weighted by Crippen LogP contribution is 2.47. The molecule has 148 valence electrons. The van der Waals surface area contributed by atoms with Gasteiger partial charge in [0.1, 0.15) is 11.3 Å². The van der Waals surface area contributed by atoms with Crippen LogP contribution in [0, 0.1) is 6.92 Å². The molecule has 0 aliphatic carbocycles. The van der Waals surface area contributed by atoms with Gasteiger partial charge in [-0.2, -0.15) is 0 Å². The number of amides is 2. The van der Waals surface area contributed by atoms with Crippen molar-refractivity contribution in [1.82, 2.24) is 19.4 Å². The zero-order chi connectivity index (χ0) is 20.3. The molecule has 29 heavy (non-hydrogen) atoms. The van der Waals surface area contributed by atoms with E-state index in [2.05, 4.69) is 16.0 Å². The summed E-state index contributed by atoms with van der Waals surface area (Å²) in [6, 6.07) is 9.74. The van der Waals surface area contributed by atoms with Crippen LogP contribution in [0.1, 0.15) is 34.6 Å². The first kappa shape index (κ1) is 17.8. The Morgan fingerprint density at radius 1 is 1.10 bits per heavy atom. The maximum absolute atomic E-state index is 13.3. The number of pyridine rings is 1. The maximum atomic E-state index is 13.3. The summed E-state index contributed by atoms with van der Waals surface area (Å²) in [4.78, 5) is 38.9. The Labute approximate surface area is 169 Å². The molecule has 1 fully saturated rings. The number of likely N-dealkylation sites (N-methyl/N-ethyl adjacent to an activating group) is 1. The number of aromatic nitrogens is 3. The average molecular weight is 389 g/mol. The molecule has 7 heteroatoms. The van der Waals surface area contributed by atoms with Crippen LogP contribution in [0.3, 0.4) is 0 Å². The molecule has 1 aromatic carbocycles. The molecule has 1 spiro atoms. The van der Waals surface area contributed by atoms with Crippen LogP contribution in [-0.2, 0) is 17.3 Å². The van der Waals surface area contributed by atoms with Crippen molar-refractivity contribution in [1.29, 1.82) is 0 Å². The monoisotopic (exact) mass is 389 g/mol. The normalized spacial score (nSPS) is 18.0. The Bertz CT molecular complexity index is 1160. The van der Waals surface area contributed by atoms with Gasteiger partial charge in [0.15, 0.2) is 5.65 Å². The maximum Gasteiger partial charge on any atom is 0.256 e. The van der Waals surface area contributed by atoms with Gasteiger partial charge in [0.2, 0.25) is 5.91 Å². The van der Waals surface area contributed by atoms with Crippen LogP contribution in [-0.4, -0.2) is 51.4 Å². The summed E-state index contributed by atoms with van der Waals surface area (Å²) in [7, 11) is 3.74. The van der Waals surface area contributed by atoms with Gasteiger partial charge in [-0.15, -0.1) is 0 Å². The highest BCUT2D eigenvalue weighted by molar-refractivity contribution is 6.08. The first-order valence-electron chi connectivity index (χ1n) is 9.89. The fourth-order valence-electron chi connectivity index (χ4n) is 4.82. The van der Waals surface area contributed by atoms with Crippen molar-refractivity contribution in [2.45, 2.75) is 25.2 Å². The van der Waals surface area contributed by atoms with Crippen LogP contribution >= 0.6 is 0 Å². The minimum absolute atomic E-state index is 0.0440. The quantitative estimate of drug-likeness (QED) is 0.641. The zero-order valence-electron chi connectivity index (χ0n) is 16.8. The topological polar surface area (TPSA) is 71.3 Å². The molecule has 0 atom stereocenters. The van der Waals surface area contributed by atoms with E-state index in [1.807, 2.05) is 48.7 Å². The average Bonchev–Trinajstić information content (AvgIpc) is 3.15. The number of para-hydroxylation sites is 1. The lowest BCUT2D eigenvalue weighted by molar-refractivity contribution is -0.124. The number of imidazole rings is 1. The summed E-state index contributed by atoms with van der Waals surface area (Å²) in [5, 5.41) is 0. The van der Waals surface area contributed by atoms with Gasteiger partial charge in [-0.1, -0.05) is 18.2 Å². The summed E-state index contributed by atoms with van der Waals surface area (Å²) in [5.41, 5.74) is 3.48. The molecule has 3 aromatic rings. The largest absolute Gasteiger partial charge is 0.338 e. The number of aryl methyl sites for hydroxylation is 2. The number of hydrogen-bond donors (Lipinski definition) is 0. The summed E-state index contributed by atoms with van der Waals surface area (Å²) in [6.45, 7) is 2.99. The van der Waals surface area contributed by atoms with Crippen molar-refractivity contribution < 1.29 is 9.59 Å². The zero-order valence-corrected chi connectivity index (χ0v) is 16.8. The number of piperidine rings is 1. The third-order valence-electron chi connectivity index (χ3n) is 6.61. The molecule has 0 radical (unpaired) electrons. The van der Waals surface area contributed by atoms with Gasteiger partial charge in [0.25, 0.3) is 5.91 Å². The molecule has 0 saturated carbocycles. The van der Waals surface area contributed by atoms with Crippen molar-refractivity contribution >= 4 is 28.7 Å². The minimum Gasteiger partial charge on any atom is -0.338 e. The van der Waals surface area contributed by atoms with E-state index in [4.69, 9.17) is 0 Å². The first-order chi connectivity index (χ1) is 13.9. The number of nitrogens with zero attached hydrogens (tertiary/aromatic N) is 5. The number of likely N-dealkylation sites (tertiary alicyclic amines) is 1. The number of anilines is 1. The number of rotatable bonds is 1. The molecular weight excluding hydrogens is 366 g/mol. The molecule has 5 rings (SSSR count).